The highest BCUT2D eigenvalue weighted by Gasteiger charge is 2.29. The Hall–Kier alpha value is -1.84. The molecular formula is C16H21N3O. The Kier molecular flexibility index (Phi) is 3.72. The van der Waals surface area contributed by atoms with E-state index in [1.807, 2.05) is 24.3 Å². The molecule has 4 nitrogen and oxygen atoms in total. The summed E-state index contributed by atoms with van der Waals surface area (Å²) in [5.41, 5.74) is 2.04. The summed E-state index contributed by atoms with van der Waals surface area (Å²) in [5, 5.41) is 3.05. The number of para-hydroxylation sites is 2. The number of H-pyrrole nitrogens is 1. The van der Waals surface area contributed by atoms with Crippen LogP contribution >= 0.6 is 0 Å². The number of rotatable bonds is 4. The highest BCUT2D eigenvalue weighted by atomic mass is 16.1. The molecule has 4 heteroatoms. The zero-order valence-electron chi connectivity index (χ0n) is 11.9. The van der Waals surface area contributed by atoms with E-state index >= 15 is 0 Å². The molecule has 1 aliphatic rings. The molecule has 1 amide bonds. The first-order chi connectivity index (χ1) is 9.74. The smallest absolute Gasteiger partial charge is 0.223 e. The van der Waals surface area contributed by atoms with Crippen LogP contribution in [0.15, 0.2) is 24.3 Å². The highest BCUT2D eigenvalue weighted by molar-refractivity contribution is 5.79. The highest BCUT2D eigenvalue weighted by Crippen LogP contribution is 2.31. The number of fused-ring (bicyclic) bond motifs is 1. The summed E-state index contributed by atoms with van der Waals surface area (Å²) in [4.78, 5) is 19.9. The molecule has 1 fully saturated rings. The molecule has 3 rings (SSSR count). The van der Waals surface area contributed by atoms with Gasteiger partial charge in [0, 0.05) is 18.9 Å². The van der Waals surface area contributed by atoms with Gasteiger partial charge in [-0.3, -0.25) is 4.79 Å². The van der Waals surface area contributed by atoms with E-state index < -0.39 is 0 Å². The average molecular weight is 271 g/mol. The van der Waals surface area contributed by atoms with Crippen molar-refractivity contribution in [2.45, 2.75) is 32.6 Å². The molecule has 1 aromatic carbocycles. The first-order valence-corrected chi connectivity index (χ1v) is 7.45. The molecule has 0 aliphatic heterocycles. The van der Waals surface area contributed by atoms with Crippen molar-refractivity contribution in [2.75, 3.05) is 6.54 Å². The van der Waals surface area contributed by atoms with Crippen LogP contribution in [0.2, 0.25) is 0 Å². The second-order valence-electron chi connectivity index (χ2n) is 5.76. The molecule has 0 spiro atoms. The maximum atomic E-state index is 12.1. The topological polar surface area (TPSA) is 57.8 Å². The Morgan fingerprint density at radius 3 is 3.00 bits per heavy atom. The number of carbonyl (C=O) groups excluding carboxylic acids is 1. The molecule has 2 unspecified atom stereocenters. The van der Waals surface area contributed by atoms with Crippen LogP contribution in [0.25, 0.3) is 11.0 Å². The van der Waals surface area contributed by atoms with E-state index in [9.17, 15) is 4.79 Å². The summed E-state index contributed by atoms with van der Waals surface area (Å²) < 4.78 is 0. The Bertz CT molecular complexity index is 572. The van der Waals surface area contributed by atoms with E-state index in [0.29, 0.717) is 12.5 Å². The standard InChI is InChI=1S/C16H21N3O/c1-11-5-4-6-12(11)16(20)17-10-9-15-18-13-7-2-3-8-14(13)19-15/h2-3,7-8,11-12H,4-6,9-10H2,1H3,(H,17,20)(H,18,19). The van der Waals surface area contributed by atoms with Crippen LogP contribution in [0, 0.1) is 11.8 Å². The van der Waals surface area contributed by atoms with Gasteiger partial charge in [-0.25, -0.2) is 4.98 Å². The minimum Gasteiger partial charge on any atom is -0.355 e. The molecule has 2 aromatic rings. The van der Waals surface area contributed by atoms with Crippen molar-refractivity contribution in [3.8, 4) is 0 Å². The van der Waals surface area contributed by atoms with Gasteiger partial charge in [0.1, 0.15) is 5.82 Å². The largest absolute Gasteiger partial charge is 0.355 e. The number of hydrogen-bond donors (Lipinski definition) is 2. The third-order valence-electron chi connectivity index (χ3n) is 4.30. The van der Waals surface area contributed by atoms with Crippen molar-refractivity contribution in [3.05, 3.63) is 30.1 Å². The molecule has 2 atom stereocenters. The predicted molar refractivity (Wildman–Crippen MR) is 79.3 cm³/mol. The lowest BCUT2D eigenvalue weighted by molar-refractivity contribution is -0.125. The Morgan fingerprint density at radius 2 is 2.25 bits per heavy atom. The van der Waals surface area contributed by atoms with Crippen molar-refractivity contribution >= 4 is 16.9 Å². The van der Waals surface area contributed by atoms with Crippen LogP contribution in [-0.2, 0) is 11.2 Å². The zero-order valence-corrected chi connectivity index (χ0v) is 11.9. The second-order valence-corrected chi connectivity index (χ2v) is 5.76. The molecule has 20 heavy (non-hydrogen) atoms. The van der Waals surface area contributed by atoms with Gasteiger partial charge >= 0.3 is 0 Å². The van der Waals surface area contributed by atoms with Gasteiger partial charge in [0.05, 0.1) is 11.0 Å². The van der Waals surface area contributed by atoms with Crippen LogP contribution in [-0.4, -0.2) is 22.4 Å². The Balaban J connectivity index is 1.53. The number of aromatic nitrogens is 2. The van der Waals surface area contributed by atoms with E-state index in [4.69, 9.17) is 0 Å². The third-order valence-corrected chi connectivity index (χ3v) is 4.30. The number of benzene rings is 1. The van der Waals surface area contributed by atoms with E-state index in [2.05, 4.69) is 22.2 Å². The lowest BCUT2D eigenvalue weighted by atomic mass is 9.97. The quantitative estimate of drug-likeness (QED) is 0.898. The summed E-state index contributed by atoms with van der Waals surface area (Å²) in [7, 11) is 0. The molecule has 2 N–H and O–H groups in total. The van der Waals surface area contributed by atoms with Crippen molar-refractivity contribution in [1.29, 1.82) is 0 Å². The van der Waals surface area contributed by atoms with E-state index in [1.165, 1.54) is 12.8 Å². The number of carbonyl (C=O) groups is 1. The number of aromatic amines is 1. The van der Waals surface area contributed by atoms with Gasteiger partial charge in [0.25, 0.3) is 0 Å². The van der Waals surface area contributed by atoms with Crippen molar-refractivity contribution < 1.29 is 4.79 Å². The first kappa shape index (κ1) is 13.2. The lowest BCUT2D eigenvalue weighted by Crippen LogP contribution is -2.33. The number of nitrogens with zero attached hydrogens (tertiary/aromatic N) is 1. The Morgan fingerprint density at radius 1 is 1.40 bits per heavy atom. The minimum atomic E-state index is 0.214. The van der Waals surface area contributed by atoms with Gasteiger partial charge in [0.2, 0.25) is 5.91 Å². The molecule has 1 heterocycles. The lowest BCUT2D eigenvalue weighted by Gasteiger charge is -2.14. The van der Waals surface area contributed by atoms with Crippen LogP contribution in [0.4, 0.5) is 0 Å². The molecule has 106 valence electrons. The number of imidazole rings is 1. The fourth-order valence-corrected chi connectivity index (χ4v) is 3.09. The molecule has 0 radical (unpaired) electrons. The zero-order chi connectivity index (χ0) is 13.9. The van der Waals surface area contributed by atoms with E-state index in [1.54, 1.807) is 0 Å². The van der Waals surface area contributed by atoms with Crippen molar-refractivity contribution in [3.63, 3.8) is 0 Å². The van der Waals surface area contributed by atoms with Gasteiger partial charge in [-0.05, 0) is 30.9 Å². The Labute approximate surface area is 119 Å². The maximum Gasteiger partial charge on any atom is 0.223 e. The van der Waals surface area contributed by atoms with Gasteiger partial charge < -0.3 is 10.3 Å². The fourth-order valence-electron chi connectivity index (χ4n) is 3.09. The van der Waals surface area contributed by atoms with Gasteiger partial charge in [-0.2, -0.15) is 0 Å². The maximum absolute atomic E-state index is 12.1. The normalized spacial score (nSPS) is 22.2. The molecule has 1 aromatic heterocycles. The van der Waals surface area contributed by atoms with Crippen LogP contribution in [0.3, 0.4) is 0 Å². The van der Waals surface area contributed by atoms with E-state index in [-0.39, 0.29) is 11.8 Å². The average Bonchev–Trinajstić information content (AvgIpc) is 3.04. The first-order valence-electron chi connectivity index (χ1n) is 7.45. The monoisotopic (exact) mass is 271 g/mol. The van der Waals surface area contributed by atoms with Crippen LogP contribution < -0.4 is 5.32 Å². The van der Waals surface area contributed by atoms with Gasteiger partial charge in [-0.1, -0.05) is 25.5 Å². The SMILES string of the molecule is CC1CCCC1C(=O)NCCc1nc2ccccc2[nH]1. The number of amides is 1. The third kappa shape index (κ3) is 2.69. The molecule has 1 saturated carbocycles. The summed E-state index contributed by atoms with van der Waals surface area (Å²) in [6.45, 7) is 2.83. The summed E-state index contributed by atoms with van der Waals surface area (Å²) in [6, 6.07) is 7.99. The van der Waals surface area contributed by atoms with Crippen LogP contribution in [0.5, 0.6) is 0 Å². The van der Waals surface area contributed by atoms with Gasteiger partial charge in [-0.15, -0.1) is 0 Å². The van der Waals surface area contributed by atoms with Gasteiger partial charge in [0.15, 0.2) is 0 Å². The summed E-state index contributed by atoms with van der Waals surface area (Å²) in [6.07, 6.45) is 4.16. The fraction of sp³-hybridized carbons (Fsp3) is 0.500. The second kappa shape index (κ2) is 5.65. The van der Waals surface area contributed by atoms with Crippen molar-refractivity contribution in [1.82, 2.24) is 15.3 Å². The molecule has 1 aliphatic carbocycles. The van der Waals surface area contributed by atoms with Crippen molar-refractivity contribution in [2.24, 2.45) is 11.8 Å². The predicted octanol–water partition coefficient (Wildman–Crippen LogP) is 2.66. The number of nitrogens with one attached hydrogen (secondary N) is 2. The minimum absolute atomic E-state index is 0.214. The molecule has 0 bridgehead atoms. The molecular weight excluding hydrogens is 250 g/mol. The summed E-state index contributed by atoms with van der Waals surface area (Å²) >= 11 is 0. The molecule has 0 saturated heterocycles. The van der Waals surface area contributed by atoms with E-state index in [0.717, 1.165) is 29.7 Å². The summed E-state index contributed by atoms with van der Waals surface area (Å²) in [5.74, 6) is 1.89. The number of hydrogen-bond acceptors (Lipinski definition) is 2. The van der Waals surface area contributed by atoms with Crippen LogP contribution in [0.1, 0.15) is 32.0 Å².